The molecule has 3 heteroatoms. The van der Waals surface area contributed by atoms with Gasteiger partial charge in [-0.05, 0) is 69.9 Å². The van der Waals surface area contributed by atoms with E-state index in [-0.39, 0.29) is 11.8 Å². The SMILES string of the molecule is Cc1ccc([C@H]2CCC3(C2)CN(C(=O)[C@H]2C[C@@](C)(O)C2)C3)c(C)c1. The Morgan fingerprint density at radius 1 is 1.21 bits per heavy atom. The predicted molar refractivity (Wildman–Crippen MR) is 94.9 cm³/mol. The maximum absolute atomic E-state index is 12.5. The van der Waals surface area contributed by atoms with Crippen molar-refractivity contribution >= 4 is 5.91 Å². The van der Waals surface area contributed by atoms with Crippen LogP contribution in [-0.2, 0) is 4.79 Å². The molecule has 1 aromatic rings. The smallest absolute Gasteiger partial charge is 0.225 e. The van der Waals surface area contributed by atoms with Gasteiger partial charge < -0.3 is 10.0 Å². The minimum absolute atomic E-state index is 0.0638. The molecule has 2 aliphatic carbocycles. The lowest BCUT2D eigenvalue weighted by Gasteiger charge is -2.52. The number of likely N-dealkylation sites (tertiary alicyclic amines) is 1. The molecule has 3 aliphatic rings. The van der Waals surface area contributed by atoms with E-state index in [0.29, 0.717) is 24.2 Å². The molecule has 1 atom stereocenters. The lowest BCUT2D eigenvalue weighted by Crippen LogP contribution is -2.61. The summed E-state index contributed by atoms with van der Waals surface area (Å²) in [6, 6.07) is 6.83. The van der Waals surface area contributed by atoms with Crippen LogP contribution in [-0.4, -0.2) is 34.6 Å². The molecule has 1 amide bonds. The lowest BCUT2D eigenvalue weighted by atomic mass is 9.69. The van der Waals surface area contributed by atoms with Crippen molar-refractivity contribution in [3.63, 3.8) is 0 Å². The third kappa shape index (κ3) is 2.67. The van der Waals surface area contributed by atoms with Crippen LogP contribution in [0.4, 0.5) is 0 Å². The van der Waals surface area contributed by atoms with Crippen LogP contribution >= 0.6 is 0 Å². The van der Waals surface area contributed by atoms with Crippen LogP contribution in [0.1, 0.15) is 61.6 Å². The van der Waals surface area contributed by atoms with Crippen LogP contribution in [0, 0.1) is 25.2 Å². The van der Waals surface area contributed by atoms with Crippen molar-refractivity contribution in [1.82, 2.24) is 4.90 Å². The number of carbonyl (C=O) groups excluding carboxylic acids is 1. The second kappa shape index (κ2) is 5.32. The van der Waals surface area contributed by atoms with Gasteiger partial charge in [-0.15, -0.1) is 0 Å². The van der Waals surface area contributed by atoms with Crippen LogP contribution in [0.5, 0.6) is 0 Å². The number of carbonyl (C=O) groups is 1. The predicted octanol–water partition coefficient (Wildman–Crippen LogP) is 3.56. The normalized spacial score (nSPS) is 34.1. The van der Waals surface area contributed by atoms with Gasteiger partial charge in [0, 0.05) is 24.4 Å². The molecule has 3 fully saturated rings. The van der Waals surface area contributed by atoms with Gasteiger partial charge in [0.15, 0.2) is 0 Å². The Bertz CT molecular complexity index is 664. The standard InChI is InChI=1S/C21H29NO2/c1-14-4-5-18(15(2)8-14)16-6-7-21(11-16)12-22(13-21)19(23)17-9-20(3,24)10-17/h4-5,8,16-17,24H,6-7,9-13H2,1-3H3/t16-,17-,20+/m0/s1. The van der Waals surface area contributed by atoms with E-state index >= 15 is 0 Å². The van der Waals surface area contributed by atoms with E-state index in [1.54, 1.807) is 0 Å². The molecule has 130 valence electrons. The molecule has 1 N–H and O–H groups in total. The lowest BCUT2D eigenvalue weighted by molar-refractivity contribution is -0.161. The van der Waals surface area contributed by atoms with E-state index in [1.807, 2.05) is 11.8 Å². The molecule has 0 radical (unpaired) electrons. The van der Waals surface area contributed by atoms with Gasteiger partial charge in [-0.2, -0.15) is 0 Å². The third-order valence-corrected chi connectivity index (χ3v) is 6.65. The molecular formula is C21H29NO2. The average molecular weight is 327 g/mol. The number of aliphatic hydroxyl groups is 1. The van der Waals surface area contributed by atoms with Gasteiger partial charge in [-0.25, -0.2) is 0 Å². The highest BCUT2D eigenvalue weighted by Gasteiger charge is 2.53. The van der Waals surface area contributed by atoms with E-state index in [1.165, 1.54) is 36.0 Å². The summed E-state index contributed by atoms with van der Waals surface area (Å²) in [5.41, 5.74) is 4.02. The van der Waals surface area contributed by atoms with Crippen molar-refractivity contribution < 1.29 is 9.90 Å². The zero-order valence-corrected chi connectivity index (χ0v) is 15.1. The van der Waals surface area contributed by atoms with Gasteiger partial charge >= 0.3 is 0 Å². The summed E-state index contributed by atoms with van der Waals surface area (Å²) in [4.78, 5) is 14.5. The third-order valence-electron chi connectivity index (χ3n) is 6.65. The van der Waals surface area contributed by atoms with E-state index in [4.69, 9.17) is 0 Å². The number of rotatable bonds is 2. The Morgan fingerprint density at radius 2 is 1.92 bits per heavy atom. The minimum Gasteiger partial charge on any atom is -0.390 e. The number of hydrogen-bond donors (Lipinski definition) is 1. The first-order chi connectivity index (χ1) is 11.3. The molecule has 1 spiro atoms. The minimum atomic E-state index is -0.607. The second-order valence-corrected chi connectivity index (χ2v) is 9.10. The zero-order chi connectivity index (χ0) is 17.1. The first-order valence-electron chi connectivity index (χ1n) is 9.35. The molecule has 3 nitrogen and oxygen atoms in total. The van der Waals surface area contributed by atoms with Gasteiger partial charge in [0.05, 0.1) is 5.60 Å². The van der Waals surface area contributed by atoms with Crippen molar-refractivity contribution in [1.29, 1.82) is 0 Å². The summed E-state index contributed by atoms with van der Waals surface area (Å²) in [5.74, 6) is 1.00. The van der Waals surface area contributed by atoms with Gasteiger partial charge in [-0.1, -0.05) is 23.8 Å². The number of benzene rings is 1. The molecule has 0 aromatic heterocycles. The van der Waals surface area contributed by atoms with Crippen molar-refractivity contribution in [3.8, 4) is 0 Å². The van der Waals surface area contributed by atoms with Crippen molar-refractivity contribution in [3.05, 3.63) is 34.9 Å². The number of hydrogen-bond acceptors (Lipinski definition) is 2. The second-order valence-electron chi connectivity index (χ2n) is 9.10. The Kier molecular flexibility index (Phi) is 3.58. The maximum atomic E-state index is 12.5. The summed E-state index contributed by atoms with van der Waals surface area (Å²) >= 11 is 0. The molecule has 2 saturated carbocycles. The van der Waals surface area contributed by atoms with Gasteiger partial charge in [0.2, 0.25) is 5.91 Å². The Morgan fingerprint density at radius 3 is 2.54 bits per heavy atom. The molecular weight excluding hydrogens is 298 g/mol. The van der Waals surface area contributed by atoms with Crippen LogP contribution in [0.15, 0.2) is 18.2 Å². The van der Waals surface area contributed by atoms with Crippen molar-refractivity contribution in [2.45, 2.75) is 64.4 Å². The highest BCUT2D eigenvalue weighted by atomic mass is 16.3. The highest BCUT2D eigenvalue weighted by Crippen LogP contribution is 2.53. The molecule has 1 aliphatic heterocycles. The van der Waals surface area contributed by atoms with Crippen molar-refractivity contribution in [2.24, 2.45) is 11.3 Å². The zero-order valence-electron chi connectivity index (χ0n) is 15.1. The highest BCUT2D eigenvalue weighted by molar-refractivity contribution is 5.81. The first kappa shape index (κ1) is 16.1. The maximum Gasteiger partial charge on any atom is 0.225 e. The Hall–Kier alpha value is -1.35. The molecule has 4 rings (SSSR count). The van der Waals surface area contributed by atoms with E-state index in [2.05, 4.69) is 32.0 Å². The van der Waals surface area contributed by atoms with E-state index < -0.39 is 5.60 Å². The molecule has 24 heavy (non-hydrogen) atoms. The quantitative estimate of drug-likeness (QED) is 0.902. The molecule has 1 heterocycles. The molecule has 0 bridgehead atoms. The van der Waals surface area contributed by atoms with Crippen LogP contribution < -0.4 is 0 Å². The van der Waals surface area contributed by atoms with Gasteiger partial charge in [0.1, 0.15) is 0 Å². The van der Waals surface area contributed by atoms with Gasteiger partial charge in [-0.3, -0.25) is 4.79 Å². The number of nitrogens with zero attached hydrogens (tertiary/aromatic N) is 1. The van der Waals surface area contributed by atoms with Crippen LogP contribution in [0.3, 0.4) is 0 Å². The number of aryl methyl sites for hydroxylation is 2. The summed E-state index contributed by atoms with van der Waals surface area (Å²) in [5, 5.41) is 9.85. The monoisotopic (exact) mass is 327 g/mol. The largest absolute Gasteiger partial charge is 0.390 e. The average Bonchev–Trinajstić information content (AvgIpc) is 2.87. The first-order valence-corrected chi connectivity index (χ1v) is 9.35. The van der Waals surface area contributed by atoms with E-state index in [9.17, 15) is 9.90 Å². The summed E-state index contributed by atoms with van der Waals surface area (Å²) in [6.07, 6.45) is 5.01. The van der Waals surface area contributed by atoms with E-state index in [0.717, 1.165) is 13.1 Å². The van der Waals surface area contributed by atoms with Gasteiger partial charge in [0.25, 0.3) is 0 Å². The fraction of sp³-hybridized carbons (Fsp3) is 0.667. The van der Waals surface area contributed by atoms with Crippen LogP contribution in [0.25, 0.3) is 0 Å². The summed E-state index contributed by atoms with van der Waals surface area (Å²) < 4.78 is 0. The number of amides is 1. The molecule has 1 saturated heterocycles. The summed E-state index contributed by atoms with van der Waals surface area (Å²) in [7, 11) is 0. The molecule has 1 aromatic carbocycles. The fourth-order valence-electron chi connectivity index (χ4n) is 5.40. The fourth-order valence-corrected chi connectivity index (χ4v) is 5.40. The molecule has 0 unspecified atom stereocenters. The van der Waals surface area contributed by atoms with Crippen molar-refractivity contribution in [2.75, 3.05) is 13.1 Å². The van der Waals surface area contributed by atoms with Crippen LogP contribution in [0.2, 0.25) is 0 Å². The Balaban J connectivity index is 1.36. The Labute approximate surface area is 145 Å². The topological polar surface area (TPSA) is 40.5 Å². The summed E-state index contributed by atoms with van der Waals surface area (Å²) in [6.45, 7) is 8.09.